The zero-order valence-corrected chi connectivity index (χ0v) is 19.8. The summed E-state index contributed by atoms with van der Waals surface area (Å²) in [5.74, 6) is -0.132. The summed E-state index contributed by atoms with van der Waals surface area (Å²) in [4.78, 5) is 21.9. The molecule has 0 aromatic carbocycles. The van der Waals surface area contributed by atoms with Crippen LogP contribution < -0.4 is 0 Å². The van der Waals surface area contributed by atoms with Gasteiger partial charge in [0.15, 0.2) is 5.03 Å². The van der Waals surface area contributed by atoms with Gasteiger partial charge in [-0.1, -0.05) is 19.3 Å². The number of carbonyl (C=O) groups is 1. The molecule has 0 spiro atoms. The fraction of sp³-hybridized carbons (Fsp3) is 0.818. The van der Waals surface area contributed by atoms with Crippen molar-refractivity contribution >= 4 is 15.9 Å². The van der Waals surface area contributed by atoms with Gasteiger partial charge >= 0.3 is 0 Å². The van der Waals surface area contributed by atoms with E-state index in [1.165, 1.54) is 36.4 Å². The van der Waals surface area contributed by atoms with Gasteiger partial charge in [-0.05, 0) is 39.5 Å². The van der Waals surface area contributed by atoms with Crippen LogP contribution in [0.5, 0.6) is 0 Å². The summed E-state index contributed by atoms with van der Waals surface area (Å²) in [5.41, 5.74) is 0. The van der Waals surface area contributed by atoms with Crippen LogP contribution in [0.3, 0.4) is 0 Å². The fourth-order valence-corrected chi connectivity index (χ4v) is 6.69. The first kappa shape index (κ1) is 22.7. The number of hydrogen-bond donors (Lipinski definition) is 0. The van der Waals surface area contributed by atoms with Crippen LogP contribution in [-0.2, 0) is 14.8 Å². The predicted octanol–water partition coefficient (Wildman–Crippen LogP) is 2.34. The lowest BCUT2D eigenvalue weighted by Gasteiger charge is -2.42. The van der Waals surface area contributed by atoms with Crippen molar-refractivity contribution in [1.82, 2.24) is 23.7 Å². The number of carbonyl (C=O) groups excluding carboxylic acids is 1. The second-order valence-corrected chi connectivity index (χ2v) is 11.5. The number of imidazole rings is 1. The Morgan fingerprint density at radius 2 is 1.71 bits per heavy atom. The van der Waals surface area contributed by atoms with Gasteiger partial charge in [-0.3, -0.25) is 9.69 Å². The number of hydrogen-bond acceptors (Lipinski definition) is 5. The monoisotopic (exact) mass is 451 g/mol. The molecule has 1 saturated carbocycles. The zero-order chi connectivity index (χ0) is 22.0. The summed E-state index contributed by atoms with van der Waals surface area (Å²) in [6.07, 6.45) is 11.2. The van der Waals surface area contributed by atoms with E-state index < -0.39 is 10.0 Å². The van der Waals surface area contributed by atoms with Crippen LogP contribution in [0.4, 0.5) is 0 Å². The van der Waals surface area contributed by atoms with Gasteiger partial charge in [-0.25, -0.2) is 13.4 Å². The van der Waals surface area contributed by atoms with Gasteiger partial charge in [0.05, 0.1) is 12.2 Å². The zero-order valence-electron chi connectivity index (χ0n) is 18.9. The third kappa shape index (κ3) is 4.98. The average Bonchev–Trinajstić information content (AvgIpc) is 3.31. The molecule has 0 N–H and O–H groups in total. The molecule has 31 heavy (non-hydrogen) atoms. The van der Waals surface area contributed by atoms with Gasteiger partial charge in [-0.15, -0.1) is 0 Å². The predicted molar refractivity (Wildman–Crippen MR) is 119 cm³/mol. The van der Waals surface area contributed by atoms with Crippen molar-refractivity contribution in [3.8, 4) is 0 Å². The largest absolute Gasteiger partial charge is 0.340 e. The van der Waals surface area contributed by atoms with Gasteiger partial charge in [-0.2, -0.15) is 4.31 Å². The molecule has 0 bridgehead atoms. The molecule has 3 heterocycles. The Hall–Kier alpha value is -1.45. The molecule has 1 aliphatic carbocycles. The molecule has 2 saturated heterocycles. The second kappa shape index (κ2) is 9.58. The molecule has 9 heteroatoms. The maximum absolute atomic E-state index is 13.2. The maximum Gasteiger partial charge on any atom is 0.262 e. The lowest BCUT2D eigenvalue weighted by atomic mass is 9.93. The first-order valence-corrected chi connectivity index (χ1v) is 13.4. The molecule has 174 valence electrons. The maximum atomic E-state index is 13.2. The van der Waals surface area contributed by atoms with E-state index in [0.717, 1.165) is 32.6 Å². The highest BCUT2D eigenvalue weighted by Gasteiger charge is 2.37. The standard InChI is InChI=1S/C22H37N5O3S/c1-18(2)26-16-21(23-17-26)31(29,30)27-10-6-7-19(15-27)22(28)25-13-11-24(12-14-25)20-8-4-3-5-9-20/h16-20H,3-15H2,1-2H3. The SMILES string of the molecule is CC(C)n1cnc(S(=O)(=O)N2CCCC(C(=O)N3CCN(C4CCCCC4)CC3)C2)c1. The summed E-state index contributed by atoms with van der Waals surface area (Å²) in [7, 11) is -3.67. The molecular weight excluding hydrogens is 414 g/mol. The first-order valence-electron chi connectivity index (χ1n) is 11.9. The van der Waals surface area contributed by atoms with E-state index in [-0.39, 0.29) is 29.4 Å². The number of piperazine rings is 1. The molecule has 1 aromatic rings. The van der Waals surface area contributed by atoms with Gasteiger partial charge in [0.1, 0.15) is 0 Å². The van der Waals surface area contributed by atoms with Gasteiger partial charge < -0.3 is 9.47 Å². The topological polar surface area (TPSA) is 78.8 Å². The van der Waals surface area contributed by atoms with Gasteiger partial charge in [0.25, 0.3) is 10.0 Å². The molecule has 1 unspecified atom stereocenters. The molecule has 3 fully saturated rings. The molecule has 1 atom stereocenters. The quantitative estimate of drug-likeness (QED) is 0.687. The van der Waals surface area contributed by atoms with Crippen molar-refractivity contribution in [1.29, 1.82) is 0 Å². The van der Waals surface area contributed by atoms with Crippen molar-refractivity contribution in [2.75, 3.05) is 39.3 Å². The molecule has 8 nitrogen and oxygen atoms in total. The van der Waals surface area contributed by atoms with E-state index in [2.05, 4.69) is 9.88 Å². The second-order valence-electron chi connectivity index (χ2n) is 9.61. The van der Waals surface area contributed by atoms with Gasteiger partial charge in [0.2, 0.25) is 5.91 Å². The Labute approximate surface area is 186 Å². The van der Waals surface area contributed by atoms with Crippen LogP contribution in [0, 0.1) is 5.92 Å². The van der Waals surface area contributed by atoms with Crippen LogP contribution in [-0.4, -0.2) is 83.3 Å². The molecule has 2 aliphatic heterocycles. The van der Waals surface area contributed by atoms with Crippen molar-refractivity contribution < 1.29 is 13.2 Å². The van der Waals surface area contributed by atoms with E-state index in [4.69, 9.17) is 0 Å². The Morgan fingerprint density at radius 1 is 1.00 bits per heavy atom. The summed E-state index contributed by atoms with van der Waals surface area (Å²) >= 11 is 0. The molecule has 1 aromatic heterocycles. The number of rotatable bonds is 5. The smallest absolute Gasteiger partial charge is 0.262 e. The van der Waals surface area contributed by atoms with E-state index in [9.17, 15) is 13.2 Å². The molecule has 1 amide bonds. The minimum Gasteiger partial charge on any atom is -0.340 e. The van der Waals surface area contributed by atoms with E-state index in [0.29, 0.717) is 19.0 Å². The molecular formula is C22H37N5O3S. The fourth-order valence-electron chi connectivity index (χ4n) is 5.24. The lowest BCUT2D eigenvalue weighted by molar-refractivity contribution is -0.138. The minimum atomic E-state index is -3.67. The van der Waals surface area contributed by atoms with Crippen LogP contribution in [0.1, 0.15) is 64.8 Å². The van der Waals surface area contributed by atoms with Crippen LogP contribution in [0.2, 0.25) is 0 Å². The number of amides is 1. The van der Waals surface area contributed by atoms with Crippen molar-refractivity contribution in [3.63, 3.8) is 0 Å². The Bertz CT molecular complexity index is 854. The Kier molecular flexibility index (Phi) is 7.03. The van der Waals surface area contributed by atoms with Crippen molar-refractivity contribution in [2.24, 2.45) is 5.92 Å². The van der Waals surface area contributed by atoms with E-state index >= 15 is 0 Å². The number of aromatic nitrogens is 2. The summed E-state index contributed by atoms with van der Waals surface area (Å²) in [5, 5.41) is 0.0791. The number of piperidine rings is 1. The molecule has 3 aliphatic rings. The van der Waals surface area contributed by atoms with Crippen molar-refractivity contribution in [2.45, 2.75) is 75.9 Å². The van der Waals surface area contributed by atoms with Gasteiger partial charge in [0, 0.05) is 57.5 Å². The van der Waals surface area contributed by atoms with Crippen molar-refractivity contribution in [3.05, 3.63) is 12.5 Å². The lowest BCUT2D eigenvalue weighted by Crippen LogP contribution is -2.55. The highest BCUT2D eigenvalue weighted by Crippen LogP contribution is 2.27. The Morgan fingerprint density at radius 3 is 2.35 bits per heavy atom. The summed E-state index contributed by atoms with van der Waals surface area (Å²) < 4.78 is 29.5. The van der Waals surface area contributed by atoms with E-state index in [1.807, 2.05) is 18.7 Å². The third-order valence-electron chi connectivity index (χ3n) is 7.23. The normalized spacial score (nSPS) is 25.3. The van der Waals surface area contributed by atoms with Crippen LogP contribution >= 0.6 is 0 Å². The third-order valence-corrected chi connectivity index (χ3v) is 8.98. The van der Waals surface area contributed by atoms with Crippen LogP contribution in [0.25, 0.3) is 0 Å². The summed E-state index contributed by atoms with van der Waals surface area (Å²) in [6, 6.07) is 0.839. The van der Waals surface area contributed by atoms with Crippen LogP contribution in [0.15, 0.2) is 17.6 Å². The number of sulfonamides is 1. The summed E-state index contributed by atoms with van der Waals surface area (Å²) in [6.45, 7) is 8.10. The molecule has 0 radical (unpaired) electrons. The first-order chi connectivity index (χ1) is 14.9. The highest BCUT2D eigenvalue weighted by atomic mass is 32.2. The minimum absolute atomic E-state index is 0.0791. The van der Waals surface area contributed by atoms with E-state index in [1.54, 1.807) is 17.1 Å². The molecule has 4 rings (SSSR count). The number of nitrogens with zero attached hydrogens (tertiary/aromatic N) is 5. The Balaban J connectivity index is 1.35. The average molecular weight is 452 g/mol. The highest BCUT2D eigenvalue weighted by molar-refractivity contribution is 7.89.